The van der Waals surface area contributed by atoms with Crippen molar-refractivity contribution < 1.29 is 23.1 Å². The predicted molar refractivity (Wildman–Crippen MR) is 92.7 cm³/mol. The summed E-state index contributed by atoms with van der Waals surface area (Å²) >= 11 is 0. The van der Waals surface area contributed by atoms with Gasteiger partial charge in [0.15, 0.2) is 0 Å². The van der Waals surface area contributed by atoms with Gasteiger partial charge in [-0.25, -0.2) is 14.8 Å². The number of aryl methyl sites for hydroxylation is 1. The molecule has 1 aliphatic rings. The van der Waals surface area contributed by atoms with E-state index in [-0.39, 0.29) is 5.56 Å². The van der Waals surface area contributed by atoms with E-state index in [9.17, 15) is 18.0 Å². The van der Waals surface area contributed by atoms with E-state index in [4.69, 9.17) is 5.11 Å². The Bertz CT molecular complexity index is 816. The number of alkyl halides is 3. The first-order chi connectivity index (χ1) is 12.7. The van der Waals surface area contributed by atoms with E-state index < -0.39 is 17.7 Å². The number of benzene rings is 1. The highest BCUT2D eigenvalue weighted by Crippen LogP contribution is 2.30. The number of carboxylic acid groups (broad SMARTS) is 1. The molecule has 1 aliphatic heterocycles. The van der Waals surface area contributed by atoms with E-state index in [2.05, 4.69) is 14.9 Å². The van der Waals surface area contributed by atoms with Gasteiger partial charge < -0.3 is 10.0 Å². The van der Waals surface area contributed by atoms with Gasteiger partial charge in [0.2, 0.25) is 5.95 Å². The van der Waals surface area contributed by atoms with E-state index in [1.54, 1.807) is 6.92 Å². The zero-order valence-corrected chi connectivity index (χ0v) is 14.7. The van der Waals surface area contributed by atoms with Crippen LogP contribution in [0.4, 0.5) is 19.1 Å². The average Bonchev–Trinajstić information content (AvgIpc) is 2.63. The minimum Gasteiger partial charge on any atom is -0.478 e. The number of hydrogen-bond donors (Lipinski definition) is 1. The molecule has 0 aliphatic carbocycles. The second kappa shape index (κ2) is 7.51. The molecule has 1 saturated heterocycles. The van der Waals surface area contributed by atoms with Gasteiger partial charge in [-0.05, 0) is 30.2 Å². The smallest absolute Gasteiger partial charge is 0.416 e. The fraction of sp³-hybridized carbons (Fsp3) is 0.389. The van der Waals surface area contributed by atoms with E-state index in [0.717, 1.165) is 11.6 Å². The third kappa shape index (κ3) is 4.54. The van der Waals surface area contributed by atoms with Gasteiger partial charge in [-0.15, -0.1) is 0 Å². The Kier molecular flexibility index (Phi) is 5.31. The minimum atomic E-state index is -4.33. The maximum absolute atomic E-state index is 12.8. The summed E-state index contributed by atoms with van der Waals surface area (Å²) in [7, 11) is 0. The summed E-state index contributed by atoms with van der Waals surface area (Å²) in [5.74, 6) is -0.594. The third-order valence-corrected chi connectivity index (χ3v) is 4.60. The molecule has 144 valence electrons. The van der Waals surface area contributed by atoms with E-state index in [1.165, 1.54) is 24.5 Å². The lowest BCUT2D eigenvalue weighted by Crippen LogP contribution is -2.46. The van der Waals surface area contributed by atoms with Gasteiger partial charge in [0.25, 0.3) is 0 Å². The summed E-state index contributed by atoms with van der Waals surface area (Å²) < 4.78 is 38.3. The predicted octanol–water partition coefficient (Wildman–Crippen LogP) is 2.82. The normalized spacial score (nSPS) is 15.8. The van der Waals surface area contributed by atoms with Gasteiger partial charge >= 0.3 is 12.1 Å². The van der Waals surface area contributed by atoms with Crippen molar-refractivity contribution in [3.63, 3.8) is 0 Å². The van der Waals surface area contributed by atoms with Crippen LogP contribution in [0.1, 0.15) is 27.0 Å². The summed E-state index contributed by atoms with van der Waals surface area (Å²) in [6, 6.07) is 3.85. The molecule has 1 fully saturated rings. The highest BCUT2D eigenvalue weighted by Gasteiger charge is 2.30. The van der Waals surface area contributed by atoms with Crippen molar-refractivity contribution >= 4 is 11.9 Å². The molecule has 0 saturated carbocycles. The summed E-state index contributed by atoms with van der Waals surface area (Å²) in [6.07, 6.45) is -1.77. The third-order valence-electron chi connectivity index (χ3n) is 4.60. The Morgan fingerprint density at radius 1 is 1.15 bits per heavy atom. The fourth-order valence-corrected chi connectivity index (χ4v) is 2.99. The van der Waals surface area contributed by atoms with E-state index in [0.29, 0.717) is 44.2 Å². The van der Waals surface area contributed by atoms with Crippen LogP contribution >= 0.6 is 0 Å². The highest BCUT2D eigenvalue weighted by molar-refractivity contribution is 5.86. The lowest BCUT2D eigenvalue weighted by Gasteiger charge is -2.35. The number of piperazine rings is 1. The van der Waals surface area contributed by atoms with Crippen LogP contribution in [0.15, 0.2) is 30.6 Å². The maximum atomic E-state index is 12.8. The Labute approximate surface area is 154 Å². The zero-order chi connectivity index (χ0) is 19.6. The van der Waals surface area contributed by atoms with Gasteiger partial charge in [0, 0.05) is 45.1 Å². The van der Waals surface area contributed by atoms with Crippen molar-refractivity contribution in [2.75, 3.05) is 31.1 Å². The number of aromatic carboxylic acids is 1. The van der Waals surface area contributed by atoms with Crippen molar-refractivity contribution in [2.45, 2.75) is 19.6 Å². The second-order valence-electron chi connectivity index (χ2n) is 6.48. The number of halogens is 3. The molecule has 3 rings (SSSR count). The molecule has 0 spiro atoms. The number of anilines is 1. The molecule has 9 heteroatoms. The van der Waals surface area contributed by atoms with Crippen LogP contribution in [0.5, 0.6) is 0 Å². The molecule has 0 bridgehead atoms. The van der Waals surface area contributed by atoms with Crippen LogP contribution in [0.2, 0.25) is 0 Å². The zero-order valence-electron chi connectivity index (χ0n) is 14.7. The van der Waals surface area contributed by atoms with Gasteiger partial charge in [-0.2, -0.15) is 13.2 Å². The minimum absolute atomic E-state index is 0.0372. The van der Waals surface area contributed by atoms with Gasteiger partial charge in [0.05, 0.1) is 11.1 Å². The first kappa shape index (κ1) is 19.1. The van der Waals surface area contributed by atoms with Crippen LogP contribution in [-0.2, 0) is 12.7 Å². The SMILES string of the molecule is Cc1cc(C(F)(F)F)ccc1CN1CCN(c2ncc(C(=O)O)cn2)CC1. The van der Waals surface area contributed by atoms with Crippen molar-refractivity contribution in [1.82, 2.24) is 14.9 Å². The number of aromatic nitrogens is 2. The van der Waals surface area contributed by atoms with Crippen molar-refractivity contribution in [3.05, 3.63) is 52.8 Å². The standard InChI is InChI=1S/C18H19F3N4O2/c1-12-8-15(18(19,20)21)3-2-13(12)11-24-4-6-25(7-5-24)17-22-9-14(10-23-17)16(26)27/h2-3,8-10H,4-7,11H2,1H3,(H,26,27). The number of carboxylic acids is 1. The summed E-state index contributed by atoms with van der Waals surface area (Å²) in [6.45, 7) is 5.02. The van der Waals surface area contributed by atoms with Crippen molar-refractivity contribution in [1.29, 1.82) is 0 Å². The molecule has 1 N–H and O–H groups in total. The number of nitrogens with zero attached hydrogens (tertiary/aromatic N) is 4. The molecule has 6 nitrogen and oxygen atoms in total. The molecule has 0 amide bonds. The van der Waals surface area contributed by atoms with Crippen LogP contribution in [0.3, 0.4) is 0 Å². The van der Waals surface area contributed by atoms with Crippen LogP contribution in [-0.4, -0.2) is 52.1 Å². The Hall–Kier alpha value is -2.68. The molecule has 0 unspecified atom stereocenters. The molecule has 2 aromatic rings. The molecule has 0 atom stereocenters. The lowest BCUT2D eigenvalue weighted by atomic mass is 10.0. The largest absolute Gasteiger partial charge is 0.478 e. The summed E-state index contributed by atoms with van der Waals surface area (Å²) in [5.41, 5.74) is 0.907. The van der Waals surface area contributed by atoms with Gasteiger partial charge in [0.1, 0.15) is 0 Å². The number of rotatable bonds is 4. The molecule has 27 heavy (non-hydrogen) atoms. The van der Waals surface area contributed by atoms with E-state index >= 15 is 0 Å². The number of hydrogen-bond acceptors (Lipinski definition) is 5. The molecule has 1 aromatic carbocycles. The lowest BCUT2D eigenvalue weighted by molar-refractivity contribution is -0.137. The summed E-state index contributed by atoms with van der Waals surface area (Å²) in [4.78, 5) is 23.1. The second-order valence-corrected chi connectivity index (χ2v) is 6.48. The molecular formula is C18H19F3N4O2. The molecular weight excluding hydrogens is 361 g/mol. The maximum Gasteiger partial charge on any atom is 0.416 e. The first-order valence-corrected chi connectivity index (χ1v) is 8.43. The topological polar surface area (TPSA) is 69.6 Å². The van der Waals surface area contributed by atoms with Crippen LogP contribution in [0, 0.1) is 6.92 Å². The van der Waals surface area contributed by atoms with Gasteiger partial charge in [-0.3, -0.25) is 4.90 Å². The van der Waals surface area contributed by atoms with Crippen molar-refractivity contribution in [2.24, 2.45) is 0 Å². The van der Waals surface area contributed by atoms with Crippen molar-refractivity contribution in [3.8, 4) is 0 Å². The average molecular weight is 380 g/mol. The molecule has 0 radical (unpaired) electrons. The first-order valence-electron chi connectivity index (χ1n) is 8.43. The fourth-order valence-electron chi connectivity index (χ4n) is 2.99. The van der Waals surface area contributed by atoms with Crippen LogP contribution < -0.4 is 4.90 Å². The van der Waals surface area contributed by atoms with Crippen LogP contribution in [0.25, 0.3) is 0 Å². The van der Waals surface area contributed by atoms with E-state index in [1.807, 2.05) is 4.90 Å². The highest BCUT2D eigenvalue weighted by atomic mass is 19.4. The van der Waals surface area contributed by atoms with Gasteiger partial charge in [-0.1, -0.05) is 6.07 Å². The monoisotopic (exact) mass is 380 g/mol. The summed E-state index contributed by atoms with van der Waals surface area (Å²) in [5, 5.41) is 8.88. The quantitative estimate of drug-likeness (QED) is 0.880. The Morgan fingerprint density at radius 3 is 2.30 bits per heavy atom. The number of carbonyl (C=O) groups is 1. The Morgan fingerprint density at radius 2 is 1.78 bits per heavy atom. The Balaban J connectivity index is 1.59. The molecule has 1 aromatic heterocycles. The molecule has 2 heterocycles.